The molecule has 1 rings (SSSR count). The minimum absolute atomic E-state index is 0.260. The molecule has 2 nitrogen and oxygen atoms in total. The maximum Gasteiger partial charge on any atom is 0.391 e. The number of piperidine rings is 1. The van der Waals surface area contributed by atoms with Crippen LogP contribution in [-0.2, 0) is 0 Å². The van der Waals surface area contributed by atoms with Crippen molar-refractivity contribution in [3.05, 3.63) is 0 Å². The summed E-state index contributed by atoms with van der Waals surface area (Å²) in [5.74, 6) is -1.08. The maximum absolute atomic E-state index is 12.3. The summed E-state index contributed by atoms with van der Waals surface area (Å²) in [6.07, 6.45) is -3.47. The minimum Gasteiger partial charge on any atom is -0.316 e. The maximum atomic E-state index is 12.3. The van der Waals surface area contributed by atoms with Crippen LogP contribution in [0.2, 0.25) is 0 Å². The Morgan fingerprint density at radius 1 is 1.27 bits per heavy atom. The molecule has 1 fully saturated rings. The van der Waals surface area contributed by atoms with Gasteiger partial charge in [-0.3, -0.25) is 0 Å². The van der Waals surface area contributed by atoms with Gasteiger partial charge in [-0.25, -0.2) is 0 Å². The van der Waals surface area contributed by atoms with Crippen molar-refractivity contribution in [3.63, 3.8) is 0 Å². The van der Waals surface area contributed by atoms with E-state index in [0.717, 1.165) is 19.6 Å². The molecule has 0 spiro atoms. The van der Waals surface area contributed by atoms with E-state index in [2.05, 4.69) is 10.2 Å². The van der Waals surface area contributed by atoms with Crippen LogP contribution in [0, 0.1) is 5.92 Å². The van der Waals surface area contributed by atoms with Crippen molar-refractivity contribution < 1.29 is 13.2 Å². The molecule has 0 amide bonds. The van der Waals surface area contributed by atoms with Gasteiger partial charge in [-0.05, 0) is 32.5 Å². The first-order valence-corrected chi connectivity index (χ1v) is 5.54. The topological polar surface area (TPSA) is 15.3 Å². The number of nitrogens with zero attached hydrogens (tertiary/aromatic N) is 1. The van der Waals surface area contributed by atoms with E-state index in [1.165, 1.54) is 0 Å². The van der Waals surface area contributed by atoms with E-state index in [1.54, 1.807) is 0 Å². The van der Waals surface area contributed by atoms with Crippen molar-refractivity contribution in [1.82, 2.24) is 10.2 Å². The Hall–Kier alpha value is -0.290. The standard InChI is InChI=1S/C10H19F3N2/c1-2-14-5-8-15-6-3-9(4-7-15)10(11,12)13/h9,14H,2-8H2,1H3. The van der Waals surface area contributed by atoms with Crippen LogP contribution in [0.15, 0.2) is 0 Å². The minimum atomic E-state index is -3.99. The van der Waals surface area contributed by atoms with Gasteiger partial charge >= 0.3 is 6.18 Å². The molecule has 0 aromatic rings. The lowest BCUT2D eigenvalue weighted by atomic mass is 9.96. The third-order valence-electron chi connectivity index (χ3n) is 2.91. The van der Waals surface area contributed by atoms with Crippen LogP contribution >= 0.6 is 0 Å². The Labute approximate surface area is 88.8 Å². The van der Waals surface area contributed by atoms with Crippen LogP contribution in [0.5, 0.6) is 0 Å². The quantitative estimate of drug-likeness (QED) is 0.733. The molecule has 1 N–H and O–H groups in total. The van der Waals surface area contributed by atoms with E-state index >= 15 is 0 Å². The molecule has 0 aromatic heterocycles. The van der Waals surface area contributed by atoms with Crippen molar-refractivity contribution in [2.24, 2.45) is 5.92 Å². The van der Waals surface area contributed by atoms with Gasteiger partial charge in [-0.1, -0.05) is 6.92 Å². The summed E-state index contributed by atoms with van der Waals surface area (Å²) in [6.45, 7) is 5.83. The van der Waals surface area contributed by atoms with E-state index in [1.807, 2.05) is 6.92 Å². The summed E-state index contributed by atoms with van der Waals surface area (Å²) < 4.78 is 37.0. The first-order chi connectivity index (χ1) is 7.04. The van der Waals surface area contributed by atoms with Crippen LogP contribution < -0.4 is 5.32 Å². The van der Waals surface area contributed by atoms with E-state index in [-0.39, 0.29) is 12.8 Å². The van der Waals surface area contributed by atoms with Crippen LogP contribution in [0.3, 0.4) is 0 Å². The predicted octanol–water partition coefficient (Wildman–Crippen LogP) is 1.87. The van der Waals surface area contributed by atoms with Gasteiger partial charge in [-0.2, -0.15) is 13.2 Å². The molecule has 90 valence electrons. The van der Waals surface area contributed by atoms with E-state index in [4.69, 9.17) is 0 Å². The van der Waals surface area contributed by atoms with E-state index < -0.39 is 12.1 Å². The van der Waals surface area contributed by atoms with Crippen molar-refractivity contribution in [2.45, 2.75) is 25.9 Å². The summed E-state index contributed by atoms with van der Waals surface area (Å²) in [7, 11) is 0. The summed E-state index contributed by atoms with van der Waals surface area (Å²) in [4.78, 5) is 2.10. The van der Waals surface area contributed by atoms with Gasteiger partial charge in [0.25, 0.3) is 0 Å². The molecule has 1 aliphatic rings. The molecule has 1 heterocycles. The molecular formula is C10H19F3N2. The molecule has 0 bridgehead atoms. The van der Waals surface area contributed by atoms with Crippen LogP contribution in [0.1, 0.15) is 19.8 Å². The number of likely N-dealkylation sites (tertiary alicyclic amines) is 1. The number of rotatable bonds is 4. The lowest BCUT2D eigenvalue weighted by Crippen LogP contribution is -2.41. The van der Waals surface area contributed by atoms with Crippen LogP contribution in [0.4, 0.5) is 13.2 Å². The van der Waals surface area contributed by atoms with Gasteiger partial charge < -0.3 is 10.2 Å². The number of halogens is 3. The summed E-state index contributed by atoms with van der Waals surface area (Å²) >= 11 is 0. The summed E-state index contributed by atoms with van der Waals surface area (Å²) in [5, 5.41) is 3.17. The fraction of sp³-hybridized carbons (Fsp3) is 1.00. The van der Waals surface area contributed by atoms with Gasteiger partial charge in [0.2, 0.25) is 0 Å². The van der Waals surface area contributed by atoms with Gasteiger partial charge in [0, 0.05) is 13.1 Å². The first-order valence-electron chi connectivity index (χ1n) is 5.54. The van der Waals surface area contributed by atoms with Gasteiger partial charge in [0.15, 0.2) is 0 Å². The Bertz CT molecular complexity index is 174. The fourth-order valence-corrected chi connectivity index (χ4v) is 1.90. The SMILES string of the molecule is CCNCCN1CCC(C(F)(F)F)CC1. The van der Waals surface area contributed by atoms with E-state index in [0.29, 0.717) is 13.1 Å². The molecule has 0 saturated carbocycles. The number of nitrogens with one attached hydrogen (secondary N) is 1. The fourth-order valence-electron chi connectivity index (χ4n) is 1.90. The number of hydrogen-bond donors (Lipinski definition) is 1. The molecule has 0 atom stereocenters. The van der Waals surface area contributed by atoms with E-state index in [9.17, 15) is 13.2 Å². The monoisotopic (exact) mass is 224 g/mol. The second kappa shape index (κ2) is 5.70. The lowest BCUT2D eigenvalue weighted by molar-refractivity contribution is -0.184. The average molecular weight is 224 g/mol. The molecule has 0 unspecified atom stereocenters. The zero-order valence-electron chi connectivity index (χ0n) is 9.11. The third kappa shape index (κ3) is 4.38. The van der Waals surface area contributed by atoms with Crippen LogP contribution in [0.25, 0.3) is 0 Å². The number of alkyl halides is 3. The predicted molar refractivity (Wildman–Crippen MR) is 53.8 cm³/mol. The smallest absolute Gasteiger partial charge is 0.316 e. The Kier molecular flexibility index (Phi) is 4.86. The molecule has 1 aliphatic heterocycles. The second-order valence-corrected chi connectivity index (χ2v) is 4.01. The average Bonchev–Trinajstić information content (AvgIpc) is 2.18. The summed E-state index contributed by atoms with van der Waals surface area (Å²) in [5.41, 5.74) is 0. The van der Waals surface area contributed by atoms with Gasteiger partial charge in [0.05, 0.1) is 5.92 Å². The van der Waals surface area contributed by atoms with Crippen molar-refractivity contribution in [1.29, 1.82) is 0 Å². The highest BCUT2D eigenvalue weighted by atomic mass is 19.4. The molecule has 0 radical (unpaired) electrons. The normalized spacial score (nSPS) is 20.8. The summed E-state index contributed by atoms with van der Waals surface area (Å²) in [6, 6.07) is 0. The zero-order chi connectivity index (χ0) is 11.3. The van der Waals surface area contributed by atoms with Crippen LogP contribution in [-0.4, -0.2) is 43.8 Å². The third-order valence-corrected chi connectivity index (χ3v) is 2.91. The molecule has 15 heavy (non-hydrogen) atoms. The molecule has 0 aliphatic carbocycles. The highest BCUT2D eigenvalue weighted by Crippen LogP contribution is 2.33. The molecule has 5 heteroatoms. The number of hydrogen-bond acceptors (Lipinski definition) is 2. The molecule has 1 saturated heterocycles. The van der Waals surface area contributed by atoms with Crippen molar-refractivity contribution >= 4 is 0 Å². The van der Waals surface area contributed by atoms with Gasteiger partial charge in [0.1, 0.15) is 0 Å². The number of likely N-dealkylation sites (N-methyl/N-ethyl adjacent to an activating group) is 1. The van der Waals surface area contributed by atoms with Gasteiger partial charge in [-0.15, -0.1) is 0 Å². The Morgan fingerprint density at radius 2 is 1.87 bits per heavy atom. The second-order valence-electron chi connectivity index (χ2n) is 4.01. The largest absolute Gasteiger partial charge is 0.391 e. The Morgan fingerprint density at radius 3 is 2.33 bits per heavy atom. The molecule has 0 aromatic carbocycles. The highest BCUT2D eigenvalue weighted by molar-refractivity contribution is 4.77. The van der Waals surface area contributed by atoms with Crippen molar-refractivity contribution in [2.75, 3.05) is 32.7 Å². The molecular weight excluding hydrogens is 205 g/mol. The zero-order valence-corrected chi connectivity index (χ0v) is 9.11. The first kappa shape index (κ1) is 12.8. The Balaban J connectivity index is 2.18. The van der Waals surface area contributed by atoms with Crippen molar-refractivity contribution in [3.8, 4) is 0 Å². The lowest BCUT2D eigenvalue weighted by Gasteiger charge is -2.32. The highest BCUT2D eigenvalue weighted by Gasteiger charge is 2.40.